The first-order valence-corrected chi connectivity index (χ1v) is 6.96. The van der Waals surface area contributed by atoms with Crippen LogP contribution in [0.1, 0.15) is 30.5 Å². The minimum atomic E-state index is -4.69. The van der Waals surface area contributed by atoms with Crippen LogP contribution in [-0.2, 0) is 5.41 Å². The maximum atomic E-state index is 12.4. The molecule has 1 aliphatic heterocycles. The lowest BCUT2D eigenvalue weighted by atomic mass is 9.72. The highest BCUT2D eigenvalue weighted by Crippen LogP contribution is 2.47. The lowest BCUT2D eigenvalue weighted by Gasteiger charge is -2.37. The fraction of sp³-hybridized carbons (Fsp3) is 0.294. The van der Waals surface area contributed by atoms with E-state index in [4.69, 9.17) is 0 Å². The zero-order valence-electron chi connectivity index (χ0n) is 12.5. The molecule has 0 saturated heterocycles. The number of fused-ring (bicyclic) bond motifs is 2. The summed E-state index contributed by atoms with van der Waals surface area (Å²) < 4.78 is 41.1. The van der Waals surface area contributed by atoms with Crippen LogP contribution in [0, 0.1) is 6.92 Å². The van der Waals surface area contributed by atoms with Crippen molar-refractivity contribution in [2.75, 3.05) is 5.32 Å². The van der Waals surface area contributed by atoms with E-state index in [0.717, 1.165) is 22.4 Å². The Morgan fingerprint density at radius 1 is 1.05 bits per heavy atom. The number of hydrogen-bond acceptors (Lipinski definition) is 2. The average Bonchev–Trinajstić information content (AvgIpc) is 2.35. The molecule has 1 heterocycles. The Labute approximate surface area is 126 Å². The van der Waals surface area contributed by atoms with Crippen LogP contribution in [-0.4, -0.2) is 6.36 Å². The van der Waals surface area contributed by atoms with Crippen LogP contribution >= 0.6 is 0 Å². The molecular formula is C17H16F3NO. The smallest absolute Gasteiger partial charge is 0.406 e. The number of aryl methyl sites for hydroxylation is 1. The molecule has 1 N–H and O–H groups in total. The van der Waals surface area contributed by atoms with Gasteiger partial charge >= 0.3 is 6.36 Å². The number of rotatable bonds is 1. The Kier molecular flexibility index (Phi) is 3.13. The van der Waals surface area contributed by atoms with Crippen LogP contribution in [0.4, 0.5) is 24.5 Å². The van der Waals surface area contributed by atoms with Crippen molar-refractivity contribution in [3.8, 4) is 5.75 Å². The lowest BCUT2D eigenvalue weighted by molar-refractivity contribution is -0.274. The quantitative estimate of drug-likeness (QED) is 0.774. The summed E-state index contributed by atoms with van der Waals surface area (Å²) in [5, 5.41) is 3.22. The van der Waals surface area contributed by atoms with Gasteiger partial charge in [0, 0.05) is 22.9 Å². The van der Waals surface area contributed by atoms with E-state index >= 15 is 0 Å². The molecular weight excluding hydrogens is 291 g/mol. The highest BCUT2D eigenvalue weighted by atomic mass is 19.4. The Morgan fingerprint density at radius 3 is 2.45 bits per heavy atom. The Hall–Kier alpha value is -2.17. The third kappa shape index (κ3) is 2.40. The van der Waals surface area contributed by atoms with Gasteiger partial charge in [0.1, 0.15) is 5.75 Å². The van der Waals surface area contributed by atoms with E-state index in [9.17, 15) is 13.2 Å². The summed E-state index contributed by atoms with van der Waals surface area (Å²) in [6.07, 6.45) is -4.69. The summed E-state index contributed by atoms with van der Waals surface area (Å²) in [4.78, 5) is 0. The van der Waals surface area contributed by atoms with Crippen molar-refractivity contribution in [3.05, 3.63) is 53.1 Å². The maximum Gasteiger partial charge on any atom is 0.573 e. The second-order valence-electron chi connectivity index (χ2n) is 6.00. The van der Waals surface area contributed by atoms with Crippen molar-refractivity contribution in [1.82, 2.24) is 0 Å². The Morgan fingerprint density at radius 2 is 1.77 bits per heavy atom. The molecule has 0 radical (unpaired) electrons. The highest BCUT2D eigenvalue weighted by molar-refractivity contribution is 5.77. The van der Waals surface area contributed by atoms with Gasteiger partial charge in [0.15, 0.2) is 0 Å². The number of benzene rings is 2. The number of ether oxygens (including phenoxy) is 1. The molecule has 0 bridgehead atoms. The minimum Gasteiger partial charge on any atom is -0.406 e. The fourth-order valence-electron chi connectivity index (χ4n) is 3.25. The summed E-state index contributed by atoms with van der Waals surface area (Å²) in [6, 6.07) is 10.4. The first-order chi connectivity index (χ1) is 10.2. The largest absolute Gasteiger partial charge is 0.573 e. The SMILES string of the molecule is Cc1cccc2c1C(C)(C)c1ccc(OC(F)(F)F)cc1N2. The van der Waals surface area contributed by atoms with Crippen LogP contribution in [0.25, 0.3) is 0 Å². The summed E-state index contributed by atoms with van der Waals surface area (Å²) in [5.41, 5.74) is 4.52. The molecule has 2 nitrogen and oxygen atoms in total. The van der Waals surface area contributed by atoms with Crippen LogP contribution < -0.4 is 10.1 Å². The van der Waals surface area contributed by atoms with Crippen LogP contribution in [0.5, 0.6) is 5.75 Å². The molecule has 3 rings (SSSR count). The van der Waals surface area contributed by atoms with E-state index < -0.39 is 6.36 Å². The standard InChI is InChI=1S/C17H16F3NO/c1-10-5-4-6-13-15(10)16(2,3)12-8-7-11(9-14(12)21-13)22-17(18,19)20/h4-9,21H,1-3H3. The van der Waals surface area contributed by atoms with Gasteiger partial charge in [0.25, 0.3) is 0 Å². The molecule has 0 spiro atoms. The van der Waals surface area contributed by atoms with Gasteiger partial charge in [0.05, 0.1) is 0 Å². The van der Waals surface area contributed by atoms with Gasteiger partial charge in [-0.25, -0.2) is 0 Å². The van der Waals surface area contributed by atoms with E-state index in [1.54, 1.807) is 6.07 Å². The number of halogens is 3. The molecule has 116 valence electrons. The van der Waals surface area contributed by atoms with Gasteiger partial charge in [-0.2, -0.15) is 0 Å². The second kappa shape index (κ2) is 4.66. The van der Waals surface area contributed by atoms with E-state index in [1.807, 2.05) is 25.1 Å². The zero-order chi connectivity index (χ0) is 16.1. The third-order valence-electron chi connectivity index (χ3n) is 4.07. The molecule has 0 amide bonds. The molecule has 0 saturated carbocycles. The van der Waals surface area contributed by atoms with E-state index in [2.05, 4.69) is 23.9 Å². The van der Waals surface area contributed by atoms with Gasteiger partial charge in [-0.05, 0) is 35.7 Å². The molecule has 0 unspecified atom stereocenters. The molecule has 0 atom stereocenters. The summed E-state index contributed by atoms with van der Waals surface area (Å²) in [7, 11) is 0. The Balaban J connectivity index is 2.10. The van der Waals surface area contributed by atoms with Crippen LogP contribution in [0.2, 0.25) is 0 Å². The topological polar surface area (TPSA) is 21.3 Å². The van der Waals surface area contributed by atoms with Gasteiger partial charge in [-0.1, -0.05) is 32.0 Å². The molecule has 0 aliphatic carbocycles. The predicted molar refractivity (Wildman–Crippen MR) is 79.7 cm³/mol. The van der Waals surface area contributed by atoms with Gasteiger partial charge in [0.2, 0.25) is 0 Å². The van der Waals surface area contributed by atoms with E-state index in [0.29, 0.717) is 5.69 Å². The van der Waals surface area contributed by atoms with Crippen LogP contribution in [0.15, 0.2) is 36.4 Å². The third-order valence-corrected chi connectivity index (χ3v) is 4.07. The van der Waals surface area contributed by atoms with Gasteiger partial charge in [-0.3, -0.25) is 0 Å². The number of hydrogen-bond donors (Lipinski definition) is 1. The molecule has 2 aromatic rings. The first kappa shape index (κ1) is 14.8. The highest BCUT2D eigenvalue weighted by Gasteiger charge is 2.35. The van der Waals surface area contributed by atoms with Crippen molar-refractivity contribution < 1.29 is 17.9 Å². The maximum absolute atomic E-state index is 12.4. The van der Waals surface area contributed by atoms with Crippen molar-refractivity contribution in [2.45, 2.75) is 32.5 Å². The van der Waals surface area contributed by atoms with E-state index in [1.165, 1.54) is 12.1 Å². The monoisotopic (exact) mass is 307 g/mol. The van der Waals surface area contributed by atoms with Gasteiger partial charge in [-0.15, -0.1) is 13.2 Å². The van der Waals surface area contributed by atoms with Crippen molar-refractivity contribution >= 4 is 11.4 Å². The zero-order valence-corrected chi connectivity index (χ0v) is 12.5. The van der Waals surface area contributed by atoms with Gasteiger partial charge < -0.3 is 10.1 Å². The number of anilines is 2. The summed E-state index contributed by atoms with van der Waals surface area (Å²) in [5.74, 6) is -0.217. The summed E-state index contributed by atoms with van der Waals surface area (Å²) in [6.45, 7) is 6.18. The van der Waals surface area contributed by atoms with Crippen molar-refractivity contribution in [1.29, 1.82) is 0 Å². The fourth-order valence-corrected chi connectivity index (χ4v) is 3.25. The molecule has 0 aromatic heterocycles. The van der Waals surface area contributed by atoms with Crippen molar-refractivity contribution in [3.63, 3.8) is 0 Å². The van der Waals surface area contributed by atoms with Crippen molar-refractivity contribution in [2.24, 2.45) is 0 Å². The molecule has 22 heavy (non-hydrogen) atoms. The molecule has 0 fully saturated rings. The lowest BCUT2D eigenvalue weighted by Crippen LogP contribution is -2.27. The predicted octanol–water partition coefficient (Wildman–Crippen LogP) is 5.28. The average molecular weight is 307 g/mol. The minimum absolute atomic E-state index is 0.217. The number of nitrogens with one attached hydrogen (secondary N) is 1. The second-order valence-corrected chi connectivity index (χ2v) is 6.00. The van der Waals surface area contributed by atoms with E-state index in [-0.39, 0.29) is 11.2 Å². The first-order valence-electron chi connectivity index (χ1n) is 6.96. The van der Waals surface area contributed by atoms with Crippen LogP contribution in [0.3, 0.4) is 0 Å². The molecule has 1 aliphatic rings. The summed E-state index contributed by atoms with van der Waals surface area (Å²) >= 11 is 0. The Bertz CT molecular complexity index is 735. The molecule has 5 heteroatoms. The number of alkyl halides is 3. The normalized spacial score (nSPS) is 15.5. The molecule has 2 aromatic carbocycles.